The van der Waals surface area contributed by atoms with Crippen molar-refractivity contribution in [1.82, 2.24) is 15.5 Å². The fourth-order valence-electron chi connectivity index (χ4n) is 1.76. The molecule has 1 aliphatic heterocycles. The number of amides is 2. The Bertz CT molecular complexity index is 230. The van der Waals surface area contributed by atoms with E-state index in [0.29, 0.717) is 12.6 Å². The zero-order chi connectivity index (χ0) is 12.7. The number of rotatable bonds is 5. The van der Waals surface area contributed by atoms with E-state index in [9.17, 15) is 4.79 Å². The van der Waals surface area contributed by atoms with Crippen LogP contribution in [0.5, 0.6) is 0 Å². The van der Waals surface area contributed by atoms with Crippen molar-refractivity contribution in [2.45, 2.75) is 39.3 Å². The lowest BCUT2D eigenvalue weighted by Crippen LogP contribution is -2.49. The summed E-state index contributed by atoms with van der Waals surface area (Å²) >= 11 is 0. The highest BCUT2D eigenvalue weighted by molar-refractivity contribution is 5.74. The van der Waals surface area contributed by atoms with Crippen LogP contribution in [0.25, 0.3) is 0 Å². The smallest absolute Gasteiger partial charge is 0.315 e. The van der Waals surface area contributed by atoms with Gasteiger partial charge < -0.3 is 15.4 Å². The molecular weight excluding hydrogens is 218 g/mol. The van der Waals surface area contributed by atoms with Crippen molar-refractivity contribution in [3.8, 4) is 0 Å². The van der Waals surface area contributed by atoms with Crippen molar-refractivity contribution in [1.29, 1.82) is 0 Å². The van der Waals surface area contributed by atoms with Crippen LogP contribution >= 0.6 is 0 Å². The Morgan fingerprint density at radius 1 is 1.35 bits per heavy atom. The van der Waals surface area contributed by atoms with Gasteiger partial charge in [0.05, 0.1) is 13.2 Å². The molecule has 5 heteroatoms. The van der Waals surface area contributed by atoms with Crippen LogP contribution in [0.3, 0.4) is 0 Å². The van der Waals surface area contributed by atoms with Crippen LogP contribution in [0.2, 0.25) is 0 Å². The molecule has 0 aromatic carbocycles. The Balaban J connectivity index is 2.17. The van der Waals surface area contributed by atoms with Crippen molar-refractivity contribution < 1.29 is 9.53 Å². The third kappa shape index (κ3) is 5.37. The van der Waals surface area contributed by atoms with Gasteiger partial charge in [0.15, 0.2) is 0 Å². The Morgan fingerprint density at radius 3 is 2.59 bits per heavy atom. The fourth-order valence-corrected chi connectivity index (χ4v) is 1.76. The number of morpholine rings is 1. The zero-order valence-electron chi connectivity index (χ0n) is 11.2. The molecule has 2 unspecified atom stereocenters. The second kappa shape index (κ2) is 7.50. The number of carbonyl (C=O) groups is 1. The SMILES string of the molecule is CCC(C)NC(=O)NCC(C)N1CCOCC1. The van der Waals surface area contributed by atoms with Crippen molar-refractivity contribution in [3.05, 3.63) is 0 Å². The monoisotopic (exact) mass is 243 g/mol. The standard InChI is InChI=1S/C12H25N3O2/c1-4-10(2)14-12(16)13-9-11(3)15-5-7-17-8-6-15/h10-11H,4-9H2,1-3H3,(H2,13,14,16). The molecule has 0 aromatic heterocycles. The van der Waals surface area contributed by atoms with E-state index in [1.54, 1.807) is 0 Å². The van der Waals surface area contributed by atoms with Crippen LogP contribution in [-0.4, -0.2) is 55.9 Å². The maximum Gasteiger partial charge on any atom is 0.315 e. The average Bonchev–Trinajstić information content (AvgIpc) is 2.36. The number of nitrogens with one attached hydrogen (secondary N) is 2. The molecule has 1 rings (SSSR count). The van der Waals surface area contributed by atoms with E-state index in [2.05, 4.69) is 29.4 Å². The fraction of sp³-hybridized carbons (Fsp3) is 0.917. The lowest BCUT2D eigenvalue weighted by Gasteiger charge is -2.32. The molecule has 17 heavy (non-hydrogen) atoms. The van der Waals surface area contributed by atoms with Gasteiger partial charge in [0.25, 0.3) is 0 Å². The van der Waals surface area contributed by atoms with Gasteiger partial charge in [-0.3, -0.25) is 4.90 Å². The Morgan fingerprint density at radius 2 is 2.00 bits per heavy atom. The van der Waals surface area contributed by atoms with Gasteiger partial charge in [-0.1, -0.05) is 6.92 Å². The summed E-state index contributed by atoms with van der Waals surface area (Å²) in [6, 6.07) is 0.523. The third-order valence-corrected chi connectivity index (χ3v) is 3.22. The summed E-state index contributed by atoms with van der Waals surface area (Å²) < 4.78 is 5.30. The van der Waals surface area contributed by atoms with Crippen LogP contribution in [0.15, 0.2) is 0 Å². The topological polar surface area (TPSA) is 53.6 Å². The summed E-state index contributed by atoms with van der Waals surface area (Å²) in [6.07, 6.45) is 0.951. The quantitative estimate of drug-likeness (QED) is 0.751. The predicted octanol–water partition coefficient (Wildman–Crippen LogP) is 0.805. The van der Waals surface area contributed by atoms with Gasteiger partial charge >= 0.3 is 6.03 Å². The highest BCUT2D eigenvalue weighted by atomic mass is 16.5. The maximum absolute atomic E-state index is 11.5. The summed E-state index contributed by atoms with van der Waals surface area (Å²) in [6.45, 7) is 10.4. The van der Waals surface area contributed by atoms with Gasteiger partial charge in [0.1, 0.15) is 0 Å². The first-order valence-corrected chi connectivity index (χ1v) is 6.49. The highest BCUT2D eigenvalue weighted by Gasteiger charge is 2.17. The van der Waals surface area contributed by atoms with E-state index in [4.69, 9.17) is 4.74 Å². The highest BCUT2D eigenvalue weighted by Crippen LogP contribution is 2.02. The zero-order valence-corrected chi connectivity index (χ0v) is 11.2. The summed E-state index contributed by atoms with van der Waals surface area (Å²) in [4.78, 5) is 13.9. The van der Waals surface area contributed by atoms with E-state index in [1.165, 1.54) is 0 Å². The lowest BCUT2D eigenvalue weighted by atomic mass is 10.2. The molecule has 2 N–H and O–H groups in total. The molecule has 1 heterocycles. The van der Waals surface area contributed by atoms with Gasteiger partial charge in [0.2, 0.25) is 0 Å². The van der Waals surface area contributed by atoms with Gasteiger partial charge in [-0.15, -0.1) is 0 Å². The van der Waals surface area contributed by atoms with Crippen molar-refractivity contribution in [3.63, 3.8) is 0 Å². The second-order valence-electron chi connectivity index (χ2n) is 4.66. The predicted molar refractivity (Wildman–Crippen MR) is 68.1 cm³/mol. The average molecular weight is 243 g/mol. The molecule has 2 atom stereocenters. The van der Waals surface area contributed by atoms with Crippen molar-refractivity contribution in [2.75, 3.05) is 32.8 Å². The number of carbonyl (C=O) groups excluding carboxylic acids is 1. The van der Waals surface area contributed by atoms with Crippen molar-refractivity contribution in [2.24, 2.45) is 0 Å². The molecular formula is C12H25N3O2. The first kappa shape index (κ1) is 14.3. The number of hydrogen-bond acceptors (Lipinski definition) is 3. The molecule has 5 nitrogen and oxygen atoms in total. The van der Waals surface area contributed by atoms with Crippen LogP contribution in [-0.2, 0) is 4.74 Å². The second-order valence-corrected chi connectivity index (χ2v) is 4.66. The number of nitrogens with zero attached hydrogens (tertiary/aromatic N) is 1. The first-order chi connectivity index (χ1) is 8.13. The van der Waals surface area contributed by atoms with Crippen LogP contribution < -0.4 is 10.6 Å². The summed E-state index contributed by atoms with van der Waals surface area (Å²) in [5.41, 5.74) is 0. The summed E-state index contributed by atoms with van der Waals surface area (Å²) in [5.74, 6) is 0. The van der Waals surface area contributed by atoms with E-state index in [0.717, 1.165) is 32.7 Å². The lowest BCUT2D eigenvalue weighted by molar-refractivity contribution is 0.0209. The molecule has 0 aromatic rings. The molecule has 1 aliphatic rings. The first-order valence-electron chi connectivity index (χ1n) is 6.49. The number of urea groups is 1. The third-order valence-electron chi connectivity index (χ3n) is 3.22. The normalized spacial score (nSPS) is 20.6. The van der Waals surface area contributed by atoms with Crippen molar-refractivity contribution >= 4 is 6.03 Å². The van der Waals surface area contributed by atoms with Crippen LogP contribution in [0.4, 0.5) is 4.79 Å². The molecule has 0 saturated carbocycles. The van der Waals surface area contributed by atoms with Crippen LogP contribution in [0.1, 0.15) is 27.2 Å². The molecule has 0 bridgehead atoms. The van der Waals surface area contributed by atoms with Gasteiger partial charge in [0, 0.05) is 31.7 Å². The van der Waals surface area contributed by atoms with E-state index >= 15 is 0 Å². The molecule has 0 aliphatic carbocycles. The minimum Gasteiger partial charge on any atom is -0.379 e. The van der Waals surface area contributed by atoms with E-state index < -0.39 is 0 Å². The number of ether oxygens (including phenoxy) is 1. The minimum absolute atomic E-state index is 0.0699. The van der Waals surface area contributed by atoms with Crippen LogP contribution in [0, 0.1) is 0 Å². The Hall–Kier alpha value is -0.810. The Labute approximate surface area is 104 Å². The van der Waals surface area contributed by atoms with E-state index in [-0.39, 0.29) is 12.1 Å². The van der Waals surface area contributed by atoms with Gasteiger partial charge in [-0.2, -0.15) is 0 Å². The molecule has 1 fully saturated rings. The largest absolute Gasteiger partial charge is 0.379 e. The Kier molecular flexibility index (Phi) is 6.29. The van der Waals surface area contributed by atoms with Gasteiger partial charge in [-0.05, 0) is 20.3 Å². The summed E-state index contributed by atoms with van der Waals surface area (Å²) in [7, 11) is 0. The van der Waals surface area contributed by atoms with E-state index in [1.807, 2.05) is 6.92 Å². The molecule has 1 saturated heterocycles. The number of hydrogen-bond donors (Lipinski definition) is 2. The molecule has 2 amide bonds. The molecule has 0 radical (unpaired) electrons. The minimum atomic E-state index is -0.0699. The molecule has 0 spiro atoms. The maximum atomic E-state index is 11.5. The summed E-state index contributed by atoms with van der Waals surface area (Å²) in [5, 5.41) is 5.81. The van der Waals surface area contributed by atoms with Gasteiger partial charge in [-0.25, -0.2) is 4.79 Å². The molecule has 100 valence electrons.